The third kappa shape index (κ3) is 3.41. The van der Waals surface area contributed by atoms with E-state index in [9.17, 15) is 0 Å². The Morgan fingerprint density at radius 2 is 1.48 bits per heavy atom. The van der Waals surface area contributed by atoms with Crippen molar-refractivity contribution in [1.29, 1.82) is 0 Å². The molecule has 0 saturated carbocycles. The van der Waals surface area contributed by atoms with Gasteiger partial charge in [0.25, 0.3) is 0 Å². The molecule has 27 heavy (non-hydrogen) atoms. The van der Waals surface area contributed by atoms with Crippen molar-refractivity contribution in [3.63, 3.8) is 0 Å². The van der Waals surface area contributed by atoms with Gasteiger partial charge in [-0.15, -0.1) is 10.2 Å². The molecular formula is C24H23N3. The molecule has 0 aliphatic rings. The third-order valence-corrected chi connectivity index (χ3v) is 4.95. The zero-order valence-corrected chi connectivity index (χ0v) is 15.7. The highest BCUT2D eigenvalue weighted by Crippen LogP contribution is 2.32. The molecular weight excluding hydrogens is 330 g/mol. The van der Waals surface area contributed by atoms with Gasteiger partial charge < -0.3 is 5.32 Å². The summed E-state index contributed by atoms with van der Waals surface area (Å²) in [6.45, 7) is 4.35. The fraction of sp³-hybridized carbons (Fsp3) is 0.167. The molecule has 0 amide bonds. The van der Waals surface area contributed by atoms with Gasteiger partial charge in [0.05, 0.1) is 0 Å². The Bertz CT molecular complexity index is 1070. The molecule has 3 aromatic carbocycles. The summed E-state index contributed by atoms with van der Waals surface area (Å²) in [5.41, 5.74) is 5.70. The summed E-state index contributed by atoms with van der Waals surface area (Å²) in [6, 6.07) is 25.2. The first kappa shape index (κ1) is 17.2. The number of benzene rings is 3. The van der Waals surface area contributed by atoms with Crippen molar-refractivity contribution in [1.82, 2.24) is 10.2 Å². The molecule has 1 heterocycles. The Balaban J connectivity index is 1.83. The largest absolute Gasteiger partial charge is 0.338 e. The predicted octanol–water partition coefficient (Wildman–Crippen LogP) is 6.17. The van der Waals surface area contributed by atoms with Crippen LogP contribution in [0, 0.1) is 0 Å². The van der Waals surface area contributed by atoms with Crippen LogP contribution >= 0.6 is 0 Å². The van der Waals surface area contributed by atoms with Crippen LogP contribution in [0.25, 0.3) is 22.0 Å². The fourth-order valence-corrected chi connectivity index (χ4v) is 3.40. The molecule has 4 rings (SSSR count). The second-order valence-corrected chi connectivity index (χ2v) is 6.63. The van der Waals surface area contributed by atoms with Gasteiger partial charge in [0, 0.05) is 22.0 Å². The van der Waals surface area contributed by atoms with Gasteiger partial charge in [-0.05, 0) is 30.0 Å². The Labute approximate surface area is 160 Å². The average molecular weight is 353 g/mol. The fourth-order valence-electron chi connectivity index (χ4n) is 3.40. The molecule has 0 unspecified atom stereocenters. The summed E-state index contributed by atoms with van der Waals surface area (Å²) in [6.07, 6.45) is 1.98. The lowest BCUT2D eigenvalue weighted by Crippen LogP contribution is -2.02. The summed E-state index contributed by atoms with van der Waals surface area (Å²) < 4.78 is 0. The van der Waals surface area contributed by atoms with E-state index in [2.05, 4.69) is 77.9 Å². The number of rotatable bonds is 5. The van der Waals surface area contributed by atoms with Gasteiger partial charge in [-0.2, -0.15) is 0 Å². The first-order valence-electron chi connectivity index (χ1n) is 9.49. The van der Waals surface area contributed by atoms with E-state index < -0.39 is 0 Å². The Morgan fingerprint density at radius 1 is 0.741 bits per heavy atom. The van der Waals surface area contributed by atoms with Crippen LogP contribution in [0.2, 0.25) is 0 Å². The molecule has 0 atom stereocenters. The number of nitrogens with one attached hydrogen (secondary N) is 1. The molecule has 0 radical (unpaired) electrons. The van der Waals surface area contributed by atoms with Gasteiger partial charge in [-0.3, -0.25) is 0 Å². The Hall–Kier alpha value is -3.20. The lowest BCUT2D eigenvalue weighted by molar-refractivity contribution is 1.05. The molecule has 0 aliphatic carbocycles. The van der Waals surface area contributed by atoms with Crippen LogP contribution in [0.4, 0.5) is 11.5 Å². The van der Waals surface area contributed by atoms with E-state index in [1.54, 1.807) is 0 Å². The van der Waals surface area contributed by atoms with E-state index in [0.29, 0.717) is 0 Å². The standard InChI is InChI=1S/C24H23N3/c1-3-17-14-15-18(4-2)22(16-17)25-24-21-13-9-8-12-20(21)23(26-27-24)19-10-6-5-7-11-19/h5-16H,3-4H2,1-2H3,(H,25,27). The van der Waals surface area contributed by atoms with Crippen molar-refractivity contribution in [2.24, 2.45) is 0 Å². The second kappa shape index (κ2) is 7.58. The number of anilines is 2. The number of aryl methyl sites for hydroxylation is 2. The molecule has 3 heteroatoms. The smallest absolute Gasteiger partial charge is 0.161 e. The van der Waals surface area contributed by atoms with Crippen LogP contribution < -0.4 is 5.32 Å². The Kier molecular flexibility index (Phi) is 4.84. The van der Waals surface area contributed by atoms with Crippen LogP contribution in [0.15, 0.2) is 72.8 Å². The second-order valence-electron chi connectivity index (χ2n) is 6.63. The van der Waals surface area contributed by atoms with Gasteiger partial charge in [0.2, 0.25) is 0 Å². The van der Waals surface area contributed by atoms with Gasteiger partial charge in [0.1, 0.15) is 5.69 Å². The van der Waals surface area contributed by atoms with Crippen molar-refractivity contribution in [3.8, 4) is 11.3 Å². The first-order valence-corrected chi connectivity index (χ1v) is 9.49. The Morgan fingerprint density at radius 3 is 2.22 bits per heavy atom. The maximum atomic E-state index is 4.56. The lowest BCUT2D eigenvalue weighted by Gasteiger charge is -2.14. The minimum Gasteiger partial charge on any atom is -0.338 e. The molecule has 1 aromatic heterocycles. The highest BCUT2D eigenvalue weighted by atomic mass is 15.2. The molecule has 0 fully saturated rings. The van der Waals surface area contributed by atoms with Crippen molar-refractivity contribution in [2.75, 3.05) is 5.32 Å². The van der Waals surface area contributed by atoms with Crippen molar-refractivity contribution >= 4 is 22.3 Å². The van der Waals surface area contributed by atoms with E-state index in [1.807, 2.05) is 24.3 Å². The number of fused-ring (bicyclic) bond motifs is 1. The van der Waals surface area contributed by atoms with Crippen LogP contribution in [-0.2, 0) is 12.8 Å². The van der Waals surface area contributed by atoms with Crippen molar-refractivity contribution in [3.05, 3.63) is 83.9 Å². The van der Waals surface area contributed by atoms with Gasteiger partial charge in [-0.1, -0.05) is 80.6 Å². The molecule has 1 N–H and O–H groups in total. The van der Waals surface area contributed by atoms with Crippen LogP contribution in [0.5, 0.6) is 0 Å². The van der Waals surface area contributed by atoms with Crippen molar-refractivity contribution in [2.45, 2.75) is 26.7 Å². The maximum absolute atomic E-state index is 4.56. The molecule has 4 aromatic rings. The molecule has 0 saturated heterocycles. The summed E-state index contributed by atoms with van der Waals surface area (Å²) in [5, 5.41) is 14.8. The number of hydrogen-bond donors (Lipinski definition) is 1. The predicted molar refractivity (Wildman–Crippen MR) is 113 cm³/mol. The molecule has 0 aliphatic heterocycles. The zero-order chi connectivity index (χ0) is 18.6. The summed E-state index contributed by atoms with van der Waals surface area (Å²) >= 11 is 0. The number of nitrogens with zero attached hydrogens (tertiary/aromatic N) is 2. The van der Waals surface area contributed by atoms with Crippen LogP contribution in [0.3, 0.4) is 0 Å². The molecule has 134 valence electrons. The van der Waals surface area contributed by atoms with Gasteiger partial charge in [0.15, 0.2) is 5.82 Å². The molecule has 3 nitrogen and oxygen atoms in total. The number of aromatic nitrogens is 2. The SMILES string of the molecule is CCc1ccc(CC)c(Nc2nnc(-c3ccccc3)c3ccccc23)c1. The molecule has 0 spiro atoms. The lowest BCUT2D eigenvalue weighted by atomic mass is 10.0. The van der Waals surface area contributed by atoms with E-state index in [-0.39, 0.29) is 0 Å². The average Bonchev–Trinajstić information content (AvgIpc) is 2.74. The minimum absolute atomic E-state index is 0.799. The highest BCUT2D eigenvalue weighted by Gasteiger charge is 2.12. The van der Waals surface area contributed by atoms with Gasteiger partial charge >= 0.3 is 0 Å². The van der Waals surface area contributed by atoms with Crippen LogP contribution in [-0.4, -0.2) is 10.2 Å². The topological polar surface area (TPSA) is 37.8 Å². The normalized spacial score (nSPS) is 10.9. The minimum atomic E-state index is 0.799. The van der Waals surface area contributed by atoms with E-state index in [4.69, 9.17) is 0 Å². The summed E-state index contributed by atoms with van der Waals surface area (Å²) in [4.78, 5) is 0. The van der Waals surface area contributed by atoms with E-state index in [1.165, 1.54) is 11.1 Å². The maximum Gasteiger partial charge on any atom is 0.161 e. The first-order chi connectivity index (χ1) is 13.3. The van der Waals surface area contributed by atoms with Crippen molar-refractivity contribution < 1.29 is 0 Å². The third-order valence-electron chi connectivity index (χ3n) is 4.95. The van der Waals surface area contributed by atoms with Crippen LogP contribution in [0.1, 0.15) is 25.0 Å². The summed E-state index contributed by atoms with van der Waals surface area (Å²) in [7, 11) is 0. The highest BCUT2D eigenvalue weighted by molar-refractivity contribution is 6.00. The monoisotopic (exact) mass is 353 g/mol. The summed E-state index contributed by atoms with van der Waals surface area (Å²) in [5.74, 6) is 0.799. The zero-order valence-electron chi connectivity index (χ0n) is 15.7. The number of hydrogen-bond acceptors (Lipinski definition) is 3. The quantitative estimate of drug-likeness (QED) is 0.466. The molecule has 0 bridgehead atoms. The van der Waals surface area contributed by atoms with E-state index >= 15 is 0 Å². The van der Waals surface area contributed by atoms with E-state index in [0.717, 1.165) is 46.4 Å². The van der Waals surface area contributed by atoms with Gasteiger partial charge in [-0.25, -0.2) is 0 Å².